The van der Waals surface area contributed by atoms with Crippen LogP contribution in [0.1, 0.15) is 17.5 Å². The summed E-state index contributed by atoms with van der Waals surface area (Å²) in [5, 5.41) is 0. The van der Waals surface area contributed by atoms with Crippen LogP contribution in [-0.4, -0.2) is 29.4 Å². The maximum atomic E-state index is 12.9. The Hall–Kier alpha value is -2.92. The van der Waals surface area contributed by atoms with Gasteiger partial charge in [-0.1, -0.05) is 66.7 Å². The maximum absolute atomic E-state index is 12.9. The molecule has 2 N–H and O–H groups in total. The van der Waals surface area contributed by atoms with Crippen LogP contribution in [0.3, 0.4) is 0 Å². The number of carbonyl (C=O) groups excluding carboxylic acids is 2. The molecule has 5 nitrogen and oxygen atoms in total. The highest BCUT2D eigenvalue weighted by molar-refractivity contribution is 6.07. The van der Waals surface area contributed by atoms with Crippen molar-refractivity contribution in [1.29, 1.82) is 0 Å². The largest absolute Gasteiger partial charge is 0.459 e. The van der Waals surface area contributed by atoms with E-state index < -0.39 is 17.4 Å². The van der Waals surface area contributed by atoms with E-state index in [0.29, 0.717) is 6.54 Å². The van der Waals surface area contributed by atoms with Crippen molar-refractivity contribution in [2.45, 2.75) is 25.1 Å². The Morgan fingerprint density at radius 1 is 1.08 bits per heavy atom. The van der Waals surface area contributed by atoms with E-state index in [-0.39, 0.29) is 13.0 Å². The van der Waals surface area contributed by atoms with Gasteiger partial charge in [0.05, 0.1) is 0 Å². The number of hydrogen-bond acceptors (Lipinski definition) is 4. The molecule has 136 valence electrons. The number of esters is 1. The van der Waals surface area contributed by atoms with E-state index in [2.05, 4.69) is 6.58 Å². The molecule has 0 aliphatic rings. The molecule has 0 spiro atoms. The van der Waals surface area contributed by atoms with E-state index in [9.17, 15) is 9.59 Å². The Morgan fingerprint density at radius 2 is 1.62 bits per heavy atom. The maximum Gasteiger partial charge on any atom is 0.337 e. The highest BCUT2D eigenvalue weighted by Gasteiger charge is 2.48. The molecule has 5 heteroatoms. The molecule has 2 aromatic carbocycles. The number of primary amides is 1. The van der Waals surface area contributed by atoms with Crippen molar-refractivity contribution in [2.24, 2.45) is 5.73 Å². The molecule has 0 unspecified atom stereocenters. The van der Waals surface area contributed by atoms with Crippen LogP contribution < -0.4 is 5.73 Å². The molecule has 1 amide bonds. The molecule has 1 atom stereocenters. The second-order valence-electron chi connectivity index (χ2n) is 6.12. The fourth-order valence-corrected chi connectivity index (χ4v) is 2.83. The van der Waals surface area contributed by atoms with Crippen molar-refractivity contribution >= 4 is 11.9 Å². The van der Waals surface area contributed by atoms with E-state index >= 15 is 0 Å². The Labute approximate surface area is 154 Å². The summed E-state index contributed by atoms with van der Waals surface area (Å²) in [5.41, 5.74) is 5.84. The van der Waals surface area contributed by atoms with Crippen LogP contribution in [0.15, 0.2) is 73.3 Å². The smallest absolute Gasteiger partial charge is 0.337 e. The van der Waals surface area contributed by atoms with Crippen LogP contribution in [0.5, 0.6) is 0 Å². The van der Waals surface area contributed by atoms with Crippen LogP contribution in [0.2, 0.25) is 0 Å². The first-order chi connectivity index (χ1) is 12.5. The van der Waals surface area contributed by atoms with Gasteiger partial charge in [0, 0.05) is 13.0 Å². The minimum Gasteiger partial charge on any atom is -0.459 e. The van der Waals surface area contributed by atoms with Gasteiger partial charge in [0.2, 0.25) is 11.4 Å². The van der Waals surface area contributed by atoms with Crippen LogP contribution in [-0.2, 0) is 27.5 Å². The lowest BCUT2D eigenvalue weighted by Crippen LogP contribution is -2.61. The van der Waals surface area contributed by atoms with Crippen molar-refractivity contribution in [2.75, 3.05) is 7.05 Å². The number of carbonyl (C=O) groups is 2. The summed E-state index contributed by atoms with van der Waals surface area (Å²) in [6.07, 6.45) is 1.58. The molecule has 0 fully saturated rings. The summed E-state index contributed by atoms with van der Waals surface area (Å²) >= 11 is 0. The van der Waals surface area contributed by atoms with Gasteiger partial charge >= 0.3 is 5.97 Å². The number of hydrogen-bond donors (Lipinski definition) is 1. The Kier molecular flexibility index (Phi) is 6.69. The number of nitrogens with two attached hydrogens (primary N) is 1. The molecule has 0 saturated heterocycles. The number of ether oxygens (including phenoxy) is 1. The third-order valence-electron chi connectivity index (χ3n) is 4.31. The molecule has 0 saturated carbocycles. The van der Waals surface area contributed by atoms with Gasteiger partial charge in [-0.2, -0.15) is 0 Å². The molecule has 26 heavy (non-hydrogen) atoms. The summed E-state index contributed by atoms with van der Waals surface area (Å²) in [4.78, 5) is 26.8. The molecule has 0 heterocycles. The van der Waals surface area contributed by atoms with Gasteiger partial charge in [-0.3, -0.25) is 9.69 Å². The number of amides is 1. The first-order valence-electron chi connectivity index (χ1n) is 8.38. The highest BCUT2D eigenvalue weighted by Crippen LogP contribution is 2.24. The Balaban J connectivity index is 2.23. The van der Waals surface area contributed by atoms with E-state index in [1.165, 1.54) is 6.08 Å². The second-order valence-corrected chi connectivity index (χ2v) is 6.12. The molecular formula is C21H24N2O3. The normalized spacial score (nSPS) is 13.0. The summed E-state index contributed by atoms with van der Waals surface area (Å²) in [6.45, 7) is 4.12. The summed E-state index contributed by atoms with van der Waals surface area (Å²) < 4.78 is 5.44. The minimum atomic E-state index is -1.60. The van der Waals surface area contributed by atoms with Gasteiger partial charge in [0.15, 0.2) is 0 Å². The number of benzene rings is 2. The lowest BCUT2D eigenvalue weighted by molar-refractivity contribution is -0.163. The lowest BCUT2D eigenvalue weighted by atomic mass is 9.91. The molecule has 0 aliphatic carbocycles. The summed E-state index contributed by atoms with van der Waals surface area (Å²) in [7, 11) is 1.69. The predicted molar refractivity (Wildman–Crippen MR) is 101 cm³/mol. The first kappa shape index (κ1) is 19.4. The third kappa shape index (κ3) is 4.37. The molecule has 2 aromatic rings. The fraction of sp³-hybridized carbons (Fsp3) is 0.238. The monoisotopic (exact) mass is 352 g/mol. The van der Waals surface area contributed by atoms with Gasteiger partial charge in [-0.05, 0) is 18.2 Å². The van der Waals surface area contributed by atoms with Crippen LogP contribution >= 0.6 is 0 Å². The molecule has 0 aromatic heterocycles. The molecule has 0 radical (unpaired) electrons. The molecule has 0 aliphatic heterocycles. The number of rotatable bonds is 9. The van der Waals surface area contributed by atoms with Crippen molar-refractivity contribution in [3.63, 3.8) is 0 Å². The second kappa shape index (κ2) is 8.97. The highest BCUT2D eigenvalue weighted by atomic mass is 16.5. The Morgan fingerprint density at radius 3 is 2.12 bits per heavy atom. The molecule has 0 bridgehead atoms. The predicted octanol–water partition coefficient (Wildman–Crippen LogP) is 2.66. The van der Waals surface area contributed by atoms with Crippen molar-refractivity contribution < 1.29 is 14.3 Å². The van der Waals surface area contributed by atoms with Crippen molar-refractivity contribution in [3.05, 3.63) is 84.4 Å². The average Bonchev–Trinajstić information content (AvgIpc) is 2.65. The minimum absolute atomic E-state index is 0.0687. The van der Waals surface area contributed by atoms with E-state index in [1.54, 1.807) is 11.9 Å². The zero-order valence-corrected chi connectivity index (χ0v) is 14.9. The molecular weight excluding hydrogens is 328 g/mol. The first-order valence-corrected chi connectivity index (χ1v) is 8.38. The zero-order chi connectivity index (χ0) is 19.0. The summed E-state index contributed by atoms with van der Waals surface area (Å²) in [6, 6.07) is 18.8. The average molecular weight is 352 g/mol. The van der Waals surface area contributed by atoms with E-state index in [4.69, 9.17) is 10.5 Å². The quantitative estimate of drug-likeness (QED) is 0.428. The zero-order valence-electron chi connectivity index (χ0n) is 14.9. The van der Waals surface area contributed by atoms with Gasteiger partial charge in [-0.15, -0.1) is 6.58 Å². The third-order valence-corrected chi connectivity index (χ3v) is 4.31. The standard InChI is InChI=1S/C21H24N2O3/c1-3-14-21(19(22)24,23(2)15-17-10-6-4-7-11-17)20(25)26-16-18-12-8-5-9-13-18/h3-13H,1,14-16H2,2H3,(H2,22,24)/t21-/m1/s1. The van der Waals surface area contributed by atoms with Crippen molar-refractivity contribution in [1.82, 2.24) is 4.90 Å². The number of nitrogens with zero attached hydrogens (tertiary/aromatic N) is 1. The fourth-order valence-electron chi connectivity index (χ4n) is 2.83. The van der Waals surface area contributed by atoms with Crippen LogP contribution in [0, 0.1) is 0 Å². The van der Waals surface area contributed by atoms with Gasteiger partial charge < -0.3 is 10.5 Å². The summed E-state index contributed by atoms with van der Waals surface area (Å²) in [5.74, 6) is -1.43. The van der Waals surface area contributed by atoms with Gasteiger partial charge in [-0.25, -0.2) is 4.79 Å². The van der Waals surface area contributed by atoms with Gasteiger partial charge in [0.25, 0.3) is 0 Å². The van der Waals surface area contributed by atoms with E-state index in [0.717, 1.165) is 11.1 Å². The number of likely N-dealkylation sites (N-methyl/N-ethyl adjacent to an activating group) is 1. The van der Waals surface area contributed by atoms with Crippen LogP contribution in [0.4, 0.5) is 0 Å². The van der Waals surface area contributed by atoms with Crippen LogP contribution in [0.25, 0.3) is 0 Å². The topological polar surface area (TPSA) is 72.6 Å². The van der Waals surface area contributed by atoms with Crippen molar-refractivity contribution in [3.8, 4) is 0 Å². The lowest BCUT2D eigenvalue weighted by Gasteiger charge is -2.36. The Bertz CT molecular complexity index is 746. The van der Waals surface area contributed by atoms with E-state index in [1.807, 2.05) is 60.7 Å². The van der Waals surface area contributed by atoms with Gasteiger partial charge in [0.1, 0.15) is 6.61 Å². The SMILES string of the molecule is C=CC[C@@](C(N)=O)(C(=O)OCc1ccccc1)N(C)Cc1ccccc1. The molecule has 2 rings (SSSR count).